The van der Waals surface area contributed by atoms with Crippen LogP contribution in [0.5, 0.6) is 0 Å². The molecule has 0 aromatic rings. The third-order valence-corrected chi connectivity index (χ3v) is 9.77. The maximum absolute atomic E-state index is 13.1. The molecule has 31 heavy (non-hydrogen) atoms. The number of carbonyl (C=O) groups excluding carboxylic acids is 2. The van der Waals surface area contributed by atoms with E-state index in [0.29, 0.717) is 12.8 Å². The van der Waals surface area contributed by atoms with Crippen LogP contribution in [0.15, 0.2) is 23.8 Å². The Morgan fingerprint density at radius 1 is 1.32 bits per heavy atom. The molecular weight excluding hydrogens is 423 g/mol. The number of carbonyl (C=O) groups is 2. The Labute approximate surface area is 180 Å². The van der Waals surface area contributed by atoms with Gasteiger partial charge >= 0.3 is 7.82 Å². The van der Waals surface area contributed by atoms with Gasteiger partial charge in [-0.15, -0.1) is 0 Å². The van der Waals surface area contributed by atoms with Crippen molar-refractivity contribution in [3.63, 3.8) is 0 Å². The monoisotopic (exact) mass is 452 g/mol. The molecule has 1 spiro atoms. The number of rotatable bonds is 4. The first-order valence-corrected chi connectivity index (χ1v) is 12.4. The summed E-state index contributed by atoms with van der Waals surface area (Å²) in [5, 5.41) is 11.7. The van der Waals surface area contributed by atoms with Crippen molar-refractivity contribution in [2.45, 2.75) is 63.8 Å². The topological polar surface area (TPSA) is 134 Å². The van der Waals surface area contributed by atoms with Gasteiger partial charge in [0.1, 0.15) is 17.8 Å². The fourth-order valence-electron chi connectivity index (χ4n) is 7.83. The van der Waals surface area contributed by atoms with Crippen LogP contribution in [-0.2, 0) is 23.4 Å². The molecule has 8 nitrogen and oxygen atoms in total. The molecular formula is C22H29O8P. The van der Waals surface area contributed by atoms with Crippen LogP contribution in [0, 0.1) is 28.6 Å². The summed E-state index contributed by atoms with van der Waals surface area (Å²) < 4.78 is 22.0. The van der Waals surface area contributed by atoms with Crippen LogP contribution in [0.1, 0.15) is 46.5 Å². The molecule has 0 radical (unpaired) electrons. The van der Waals surface area contributed by atoms with Gasteiger partial charge in [0.15, 0.2) is 11.6 Å². The SMILES string of the molecule is C[C@H]1CC2C3CCC4=CC(=O)C=C[C@]4(C)C34OC4C[C@]2(C)[C@@]1(O)C(=O)COP(=O)(O)O. The number of aliphatic hydroxyl groups is 1. The lowest BCUT2D eigenvalue weighted by Crippen LogP contribution is -2.62. The minimum absolute atomic E-state index is 0.000288. The summed E-state index contributed by atoms with van der Waals surface area (Å²) in [6.45, 7) is 5.04. The zero-order chi connectivity index (χ0) is 22.6. The highest BCUT2D eigenvalue weighted by Gasteiger charge is 2.81. The summed E-state index contributed by atoms with van der Waals surface area (Å²) in [5.74, 6) is -0.942. The van der Waals surface area contributed by atoms with E-state index in [1.807, 2.05) is 19.9 Å². The highest BCUT2D eigenvalue weighted by molar-refractivity contribution is 7.46. The van der Waals surface area contributed by atoms with Crippen molar-refractivity contribution in [3.8, 4) is 0 Å². The fourth-order valence-corrected chi connectivity index (χ4v) is 8.12. The molecule has 1 heterocycles. The van der Waals surface area contributed by atoms with Crippen LogP contribution < -0.4 is 0 Å². The molecule has 3 N–H and O–H groups in total. The molecule has 1 aliphatic heterocycles. The summed E-state index contributed by atoms with van der Waals surface area (Å²) in [7, 11) is -4.82. The number of hydrogen-bond donors (Lipinski definition) is 3. The fraction of sp³-hybridized carbons (Fsp3) is 0.727. The van der Waals surface area contributed by atoms with Gasteiger partial charge in [-0.05, 0) is 62.5 Å². The molecule has 5 rings (SSSR count). The van der Waals surface area contributed by atoms with Crippen LogP contribution in [0.2, 0.25) is 0 Å². The van der Waals surface area contributed by atoms with E-state index in [9.17, 15) is 19.3 Å². The predicted octanol–water partition coefficient (Wildman–Crippen LogP) is 2.08. The second-order valence-corrected chi connectivity index (χ2v) is 11.7. The first-order chi connectivity index (χ1) is 14.3. The third kappa shape index (κ3) is 2.58. The van der Waals surface area contributed by atoms with Gasteiger partial charge in [-0.25, -0.2) is 4.57 Å². The van der Waals surface area contributed by atoms with Crippen LogP contribution in [0.4, 0.5) is 0 Å². The normalized spacial score (nSPS) is 50.1. The van der Waals surface area contributed by atoms with Crippen LogP contribution in [-0.4, -0.2) is 50.4 Å². The molecule has 0 aromatic carbocycles. The Bertz CT molecular complexity index is 982. The van der Waals surface area contributed by atoms with E-state index in [-0.39, 0.29) is 35.1 Å². The molecule has 4 fully saturated rings. The molecule has 0 amide bonds. The molecule has 4 aliphatic carbocycles. The predicted molar refractivity (Wildman–Crippen MR) is 109 cm³/mol. The second-order valence-electron chi connectivity index (χ2n) is 10.5. The molecule has 5 aliphatic rings. The van der Waals surface area contributed by atoms with Gasteiger partial charge in [-0.1, -0.05) is 25.5 Å². The van der Waals surface area contributed by atoms with Gasteiger partial charge in [-0.2, -0.15) is 0 Å². The lowest BCUT2D eigenvalue weighted by Gasteiger charge is -2.55. The second kappa shape index (κ2) is 6.25. The smallest absolute Gasteiger partial charge is 0.381 e. The van der Waals surface area contributed by atoms with Gasteiger partial charge in [0.2, 0.25) is 0 Å². The van der Waals surface area contributed by atoms with E-state index in [4.69, 9.17) is 14.5 Å². The summed E-state index contributed by atoms with van der Waals surface area (Å²) in [4.78, 5) is 43.1. The van der Waals surface area contributed by atoms with E-state index in [0.717, 1.165) is 18.4 Å². The molecule has 4 unspecified atom stereocenters. The van der Waals surface area contributed by atoms with Gasteiger partial charge in [0.05, 0.1) is 6.10 Å². The van der Waals surface area contributed by atoms with E-state index >= 15 is 0 Å². The van der Waals surface area contributed by atoms with Crippen LogP contribution >= 0.6 is 7.82 Å². The third-order valence-electron chi connectivity index (χ3n) is 9.30. The molecule has 0 aromatic heterocycles. The molecule has 8 atom stereocenters. The van der Waals surface area contributed by atoms with Crippen molar-refractivity contribution in [2.75, 3.05) is 6.61 Å². The van der Waals surface area contributed by atoms with Gasteiger partial charge in [0, 0.05) is 10.8 Å². The molecule has 0 bridgehead atoms. The molecule has 170 valence electrons. The highest BCUT2D eigenvalue weighted by Crippen LogP contribution is 2.76. The quantitative estimate of drug-likeness (QED) is 0.436. The number of allylic oxidation sites excluding steroid dienone is 2. The number of fused-ring (bicyclic) bond motifs is 3. The number of phosphoric ester groups is 1. The Morgan fingerprint density at radius 2 is 2.03 bits per heavy atom. The summed E-state index contributed by atoms with van der Waals surface area (Å²) in [6, 6.07) is 0. The van der Waals surface area contributed by atoms with E-state index < -0.39 is 36.8 Å². The number of Topliss-reactive ketones (excluding diaryl/α,β-unsaturated/α-hetero) is 1. The Hall–Kier alpha value is -1.15. The highest BCUT2D eigenvalue weighted by atomic mass is 31.2. The lowest BCUT2D eigenvalue weighted by molar-refractivity contribution is -0.165. The summed E-state index contributed by atoms with van der Waals surface area (Å²) >= 11 is 0. The zero-order valence-corrected chi connectivity index (χ0v) is 18.8. The minimum Gasteiger partial charge on any atom is -0.381 e. The average molecular weight is 452 g/mol. The standard InChI is InChI=1S/C22H29O8P/c1-12-8-16-15-5-4-13-9-14(23)6-7-19(13,2)22(15)18(30-22)10-20(16,3)21(12,25)17(24)11-29-31(26,27)28/h6-7,9,12,15-16,18,25H,4-5,8,10-11H2,1-3H3,(H2,26,27,28)/t12-,15?,16?,18?,19-,20-,21-,22?/m0/s1. The molecule has 9 heteroatoms. The minimum atomic E-state index is -4.82. The maximum atomic E-state index is 13.1. The number of ketones is 2. The van der Waals surface area contributed by atoms with Crippen molar-refractivity contribution in [1.82, 2.24) is 0 Å². The number of ether oxygens (including phenoxy) is 1. The largest absolute Gasteiger partial charge is 0.470 e. The lowest BCUT2D eigenvalue weighted by atomic mass is 9.46. The Morgan fingerprint density at radius 3 is 2.71 bits per heavy atom. The molecule has 1 saturated heterocycles. The van der Waals surface area contributed by atoms with Crippen LogP contribution in [0.25, 0.3) is 0 Å². The average Bonchev–Trinajstić information content (AvgIpc) is 3.36. The maximum Gasteiger partial charge on any atom is 0.470 e. The summed E-state index contributed by atoms with van der Waals surface area (Å²) in [5.41, 5.74) is -2.26. The van der Waals surface area contributed by atoms with Crippen molar-refractivity contribution >= 4 is 19.4 Å². The van der Waals surface area contributed by atoms with Crippen molar-refractivity contribution in [1.29, 1.82) is 0 Å². The number of phosphoric acid groups is 1. The van der Waals surface area contributed by atoms with Crippen LogP contribution in [0.3, 0.4) is 0 Å². The Balaban J connectivity index is 1.50. The first-order valence-electron chi connectivity index (χ1n) is 10.9. The van der Waals surface area contributed by atoms with Gasteiger partial charge in [0.25, 0.3) is 0 Å². The van der Waals surface area contributed by atoms with Crippen molar-refractivity contribution < 1.29 is 38.3 Å². The first kappa shape index (κ1) is 21.7. The van der Waals surface area contributed by atoms with E-state index in [1.165, 1.54) is 0 Å². The van der Waals surface area contributed by atoms with Crippen molar-refractivity contribution in [2.24, 2.45) is 28.6 Å². The zero-order valence-electron chi connectivity index (χ0n) is 17.9. The van der Waals surface area contributed by atoms with Crippen molar-refractivity contribution in [3.05, 3.63) is 23.8 Å². The Kier molecular flexibility index (Phi) is 4.37. The van der Waals surface area contributed by atoms with Gasteiger partial charge < -0.3 is 19.6 Å². The van der Waals surface area contributed by atoms with Gasteiger partial charge in [-0.3, -0.25) is 14.1 Å². The number of epoxide rings is 1. The summed E-state index contributed by atoms with van der Waals surface area (Å²) in [6.07, 6.45) is 7.84. The number of hydrogen-bond acceptors (Lipinski definition) is 6. The van der Waals surface area contributed by atoms with E-state index in [2.05, 4.69) is 11.4 Å². The van der Waals surface area contributed by atoms with E-state index in [1.54, 1.807) is 12.2 Å². The molecule has 3 saturated carbocycles.